The van der Waals surface area contributed by atoms with Crippen LogP contribution in [-0.2, 0) is 6.42 Å². The Labute approximate surface area is 192 Å². The van der Waals surface area contributed by atoms with E-state index in [4.69, 9.17) is 0 Å². The number of hydrogen-bond donors (Lipinski definition) is 1. The van der Waals surface area contributed by atoms with E-state index in [1.54, 1.807) is 0 Å². The number of aliphatic imine (C=N–C) groups is 1. The lowest BCUT2D eigenvalue weighted by atomic mass is 10.1. The summed E-state index contributed by atoms with van der Waals surface area (Å²) in [6, 6.07) is 14.9. The van der Waals surface area contributed by atoms with E-state index in [9.17, 15) is 0 Å². The van der Waals surface area contributed by atoms with Gasteiger partial charge in [0.25, 0.3) is 0 Å². The summed E-state index contributed by atoms with van der Waals surface area (Å²) in [5.41, 5.74) is 2.62. The Balaban J connectivity index is 0.00000300. The van der Waals surface area contributed by atoms with Crippen molar-refractivity contribution in [2.75, 3.05) is 63.7 Å². The van der Waals surface area contributed by atoms with Crippen LogP contribution in [0.25, 0.3) is 0 Å². The van der Waals surface area contributed by atoms with Crippen LogP contribution < -0.4 is 15.1 Å². The molecule has 0 amide bonds. The molecule has 0 spiro atoms. The first kappa shape index (κ1) is 23.3. The van der Waals surface area contributed by atoms with Crippen molar-refractivity contribution in [3.8, 4) is 0 Å². The maximum Gasteiger partial charge on any atom is 0.193 e. The largest absolute Gasteiger partial charge is 0.378 e. The van der Waals surface area contributed by atoms with Gasteiger partial charge in [-0.2, -0.15) is 0 Å². The SMILES string of the molecule is CN=C(NCCCc1ccc(N(C)C)cc1)N1CCN(c2ccccn2)CC1.I. The zero-order valence-corrected chi connectivity index (χ0v) is 20.0. The fourth-order valence-electron chi connectivity index (χ4n) is 3.47. The second kappa shape index (κ2) is 11.8. The highest BCUT2D eigenvalue weighted by atomic mass is 127. The monoisotopic (exact) mass is 508 g/mol. The Morgan fingerprint density at radius 1 is 1.07 bits per heavy atom. The number of halogens is 1. The lowest BCUT2D eigenvalue weighted by Crippen LogP contribution is -2.52. The molecule has 1 fully saturated rings. The van der Waals surface area contributed by atoms with Gasteiger partial charge < -0.3 is 20.0 Å². The molecule has 3 rings (SSSR count). The van der Waals surface area contributed by atoms with Crippen LogP contribution in [-0.4, -0.2) is 69.7 Å². The summed E-state index contributed by atoms with van der Waals surface area (Å²) >= 11 is 0. The predicted molar refractivity (Wildman–Crippen MR) is 134 cm³/mol. The molecule has 0 saturated carbocycles. The molecule has 0 radical (unpaired) electrons. The number of guanidine groups is 1. The van der Waals surface area contributed by atoms with Crippen molar-refractivity contribution in [2.45, 2.75) is 12.8 Å². The molecule has 1 aromatic heterocycles. The molecule has 2 aromatic rings. The first-order valence-electron chi connectivity index (χ1n) is 10.0. The average molecular weight is 508 g/mol. The summed E-state index contributed by atoms with van der Waals surface area (Å²) in [7, 11) is 6.01. The molecule has 1 aliphatic rings. The van der Waals surface area contributed by atoms with Crippen LogP contribution in [0.1, 0.15) is 12.0 Å². The van der Waals surface area contributed by atoms with Crippen molar-refractivity contribution in [3.05, 3.63) is 54.2 Å². The summed E-state index contributed by atoms with van der Waals surface area (Å²) in [6.07, 6.45) is 4.02. The lowest BCUT2D eigenvalue weighted by molar-refractivity contribution is 0.371. The minimum absolute atomic E-state index is 0. The summed E-state index contributed by atoms with van der Waals surface area (Å²) in [4.78, 5) is 15.7. The fourth-order valence-corrected chi connectivity index (χ4v) is 3.47. The molecule has 158 valence electrons. The van der Waals surface area contributed by atoms with E-state index < -0.39 is 0 Å². The molecule has 0 bridgehead atoms. The first-order chi connectivity index (χ1) is 13.7. The number of aromatic nitrogens is 1. The van der Waals surface area contributed by atoms with Crippen LogP contribution >= 0.6 is 24.0 Å². The third-order valence-electron chi connectivity index (χ3n) is 5.14. The van der Waals surface area contributed by atoms with E-state index in [-0.39, 0.29) is 24.0 Å². The van der Waals surface area contributed by atoms with Crippen molar-refractivity contribution in [1.29, 1.82) is 0 Å². The Hall–Kier alpha value is -2.03. The summed E-state index contributed by atoms with van der Waals surface area (Å²) < 4.78 is 0. The number of nitrogens with zero attached hydrogens (tertiary/aromatic N) is 5. The Bertz CT molecular complexity index is 740. The van der Waals surface area contributed by atoms with Crippen LogP contribution in [0.15, 0.2) is 53.7 Å². The number of anilines is 2. The maximum absolute atomic E-state index is 4.48. The zero-order valence-electron chi connectivity index (χ0n) is 17.7. The van der Waals surface area contributed by atoms with Gasteiger partial charge in [0.1, 0.15) is 5.82 Å². The Kier molecular flexibility index (Phi) is 9.50. The molecule has 6 nitrogen and oxygen atoms in total. The Morgan fingerprint density at radius 3 is 2.38 bits per heavy atom. The molecular weight excluding hydrogens is 475 g/mol. The van der Waals surface area contributed by atoms with E-state index in [2.05, 4.69) is 74.4 Å². The standard InChI is InChI=1S/C22H32N6.HI/c1-23-22(25-14-6-7-19-9-11-20(12-10-19)26(2)3)28-17-15-27(16-18-28)21-8-4-5-13-24-21;/h4-5,8-13H,6-7,14-18H2,1-3H3,(H,23,25);1H. The molecule has 1 saturated heterocycles. The quantitative estimate of drug-likeness (QED) is 0.281. The molecule has 7 heteroatoms. The fraction of sp³-hybridized carbons (Fsp3) is 0.455. The van der Waals surface area contributed by atoms with Gasteiger partial charge >= 0.3 is 0 Å². The number of rotatable bonds is 6. The van der Waals surface area contributed by atoms with Crippen molar-refractivity contribution < 1.29 is 0 Å². The third-order valence-corrected chi connectivity index (χ3v) is 5.14. The van der Waals surface area contributed by atoms with E-state index in [1.165, 1.54) is 11.3 Å². The molecule has 0 unspecified atom stereocenters. The van der Waals surface area contributed by atoms with E-state index in [0.29, 0.717) is 0 Å². The van der Waals surface area contributed by atoms with Crippen molar-refractivity contribution in [2.24, 2.45) is 4.99 Å². The molecule has 29 heavy (non-hydrogen) atoms. The normalized spacial score (nSPS) is 14.4. The van der Waals surface area contributed by atoms with Gasteiger partial charge in [-0.25, -0.2) is 4.98 Å². The van der Waals surface area contributed by atoms with Gasteiger partial charge in [-0.1, -0.05) is 18.2 Å². The highest BCUT2D eigenvalue weighted by Crippen LogP contribution is 2.14. The van der Waals surface area contributed by atoms with Gasteiger partial charge in [0.15, 0.2) is 5.96 Å². The van der Waals surface area contributed by atoms with Gasteiger partial charge in [-0.3, -0.25) is 4.99 Å². The number of hydrogen-bond acceptors (Lipinski definition) is 4. The number of piperazine rings is 1. The van der Waals surface area contributed by atoms with Crippen LogP contribution in [0, 0.1) is 0 Å². The third kappa shape index (κ3) is 6.76. The summed E-state index contributed by atoms with van der Waals surface area (Å²) in [5.74, 6) is 2.06. The molecule has 2 heterocycles. The second-order valence-electron chi connectivity index (χ2n) is 7.30. The minimum Gasteiger partial charge on any atom is -0.378 e. The molecule has 1 N–H and O–H groups in total. The number of pyridine rings is 1. The van der Waals surface area contributed by atoms with Crippen molar-refractivity contribution >= 4 is 41.4 Å². The number of benzene rings is 1. The number of nitrogens with one attached hydrogen (secondary N) is 1. The van der Waals surface area contributed by atoms with Crippen LogP contribution in [0.3, 0.4) is 0 Å². The highest BCUT2D eigenvalue weighted by Gasteiger charge is 2.20. The topological polar surface area (TPSA) is 47.0 Å². The van der Waals surface area contributed by atoms with Gasteiger partial charge in [-0.15, -0.1) is 24.0 Å². The van der Waals surface area contributed by atoms with Crippen molar-refractivity contribution in [3.63, 3.8) is 0 Å². The molecular formula is C22H33IN6. The Morgan fingerprint density at radius 2 is 1.79 bits per heavy atom. The van der Waals surface area contributed by atoms with Crippen LogP contribution in [0.2, 0.25) is 0 Å². The van der Waals surface area contributed by atoms with Crippen LogP contribution in [0.5, 0.6) is 0 Å². The van der Waals surface area contributed by atoms with Crippen molar-refractivity contribution in [1.82, 2.24) is 15.2 Å². The first-order valence-corrected chi connectivity index (χ1v) is 10.0. The van der Waals surface area contributed by atoms with Gasteiger partial charge in [0.2, 0.25) is 0 Å². The van der Waals surface area contributed by atoms with Crippen LogP contribution in [0.4, 0.5) is 11.5 Å². The summed E-state index contributed by atoms with van der Waals surface area (Å²) in [6.45, 7) is 4.79. The molecule has 0 aliphatic carbocycles. The van der Waals surface area contributed by atoms with E-state index >= 15 is 0 Å². The van der Waals surface area contributed by atoms with Gasteiger partial charge in [-0.05, 0) is 42.7 Å². The molecule has 1 aliphatic heterocycles. The minimum atomic E-state index is 0. The number of aryl methyl sites for hydroxylation is 1. The zero-order chi connectivity index (χ0) is 19.8. The lowest BCUT2D eigenvalue weighted by Gasteiger charge is -2.37. The molecule has 0 atom stereocenters. The van der Waals surface area contributed by atoms with E-state index in [1.807, 2.05) is 25.4 Å². The second-order valence-corrected chi connectivity index (χ2v) is 7.30. The average Bonchev–Trinajstić information content (AvgIpc) is 2.75. The smallest absolute Gasteiger partial charge is 0.193 e. The van der Waals surface area contributed by atoms with E-state index in [0.717, 1.165) is 57.3 Å². The summed E-state index contributed by atoms with van der Waals surface area (Å²) in [5, 5.41) is 3.53. The molecule has 1 aromatic carbocycles. The highest BCUT2D eigenvalue weighted by molar-refractivity contribution is 14.0. The van der Waals surface area contributed by atoms with Gasteiger partial charge in [0, 0.05) is 65.8 Å². The predicted octanol–water partition coefficient (Wildman–Crippen LogP) is 3.10. The maximum atomic E-state index is 4.48. The van der Waals surface area contributed by atoms with Gasteiger partial charge in [0.05, 0.1) is 0 Å².